The normalized spacial score (nSPS) is 17.4. The van der Waals surface area contributed by atoms with Gasteiger partial charge in [-0.2, -0.15) is 0 Å². The second-order valence-electron chi connectivity index (χ2n) is 17.5. The van der Waals surface area contributed by atoms with Crippen LogP contribution in [0.3, 0.4) is 0 Å². The first-order valence-corrected chi connectivity index (χ1v) is 24.1. The van der Waals surface area contributed by atoms with Gasteiger partial charge in [-0.1, -0.05) is 270 Å². The number of hydrogen-bond acceptors (Lipinski definition) is 3. The van der Waals surface area contributed by atoms with Crippen LogP contribution < -0.4 is 0 Å². The van der Waals surface area contributed by atoms with Crippen LogP contribution in [0, 0.1) is 0 Å². The first kappa shape index (κ1) is 49.2. The average Bonchev–Trinajstić information content (AvgIpc) is 3.33. The Hall–Kier alpha value is -0.830. The van der Waals surface area contributed by atoms with E-state index in [0.717, 1.165) is 19.3 Å². The molecule has 0 aromatic heterocycles. The van der Waals surface area contributed by atoms with Gasteiger partial charge in [-0.25, -0.2) is 4.79 Å². The number of cyclic esters (lactones) is 1. The zero-order valence-corrected chi connectivity index (χ0v) is 35.7. The van der Waals surface area contributed by atoms with Crippen molar-refractivity contribution in [2.24, 2.45) is 0 Å². The second kappa shape index (κ2) is 37.1. The van der Waals surface area contributed by atoms with Gasteiger partial charge < -0.3 is 9.84 Å². The van der Waals surface area contributed by atoms with E-state index in [0.29, 0.717) is 0 Å². The van der Waals surface area contributed by atoms with Crippen LogP contribution in [0.1, 0.15) is 284 Å². The van der Waals surface area contributed by atoms with Crippen LogP contribution in [0.25, 0.3) is 0 Å². The minimum absolute atomic E-state index is 0.208. The van der Waals surface area contributed by atoms with E-state index in [1.54, 1.807) is 0 Å². The third-order valence-electron chi connectivity index (χ3n) is 12.3. The molecule has 1 aliphatic rings. The molecular weight excluding hydrogens is 637 g/mol. The summed E-state index contributed by atoms with van der Waals surface area (Å²) < 4.78 is 5.36. The minimum Gasteiger partial charge on any atom is -0.453 e. The number of unbranched alkanes of at least 4 members (excludes halogenated alkanes) is 40. The maximum Gasteiger partial charge on any atom is 0.336 e. The Balaban J connectivity index is 1.64. The van der Waals surface area contributed by atoms with Gasteiger partial charge in [-0.3, -0.25) is 0 Å². The van der Waals surface area contributed by atoms with Gasteiger partial charge in [-0.15, -0.1) is 0 Å². The van der Waals surface area contributed by atoms with Crippen LogP contribution >= 0.6 is 0 Å². The van der Waals surface area contributed by atoms with Crippen molar-refractivity contribution in [2.75, 3.05) is 0 Å². The minimum atomic E-state index is -0.849. The molecule has 2 atom stereocenters. The van der Waals surface area contributed by atoms with Crippen molar-refractivity contribution >= 4 is 5.97 Å². The van der Waals surface area contributed by atoms with Crippen molar-refractivity contribution in [2.45, 2.75) is 295 Å². The third kappa shape index (κ3) is 29.5. The summed E-state index contributed by atoms with van der Waals surface area (Å²) in [6, 6.07) is 0. The first-order chi connectivity index (χ1) is 25.5. The summed E-state index contributed by atoms with van der Waals surface area (Å²) in [5, 5.41) is 10.2. The molecule has 3 heteroatoms. The number of esters is 1. The fraction of sp³-hybridized carbons (Fsp3) is 0.939. The van der Waals surface area contributed by atoms with E-state index in [1.165, 1.54) is 250 Å². The van der Waals surface area contributed by atoms with Crippen LogP contribution in [-0.4, -0.2) is 22.8 Å². The molecule has 0 aromatic carbocycles. The summed E-state index contributed by atoms with van der Waals surface area (Å²) in [6.07, 6.45) is 58.5. The lowest BCUT2D eigenvalue weighted by molar-refractivity contribution is -0.149. The Kier molecular flexibility index (Phi) is 35.1. The Morgan fingerprint density at radius 1 is 0.423 bits per heavy atom. The molecule has 1 N–H and O–H groups in total. The lowest BCUT2D eigenvalue weighted by Crippen LogP contribution is -2.36. The highest BCUT2D eigenvalue weighted by Gasteiger charge is 2.47. The van der Waals surface area contributed by atoms with Gasteiger partial charge in [0.1, 0.15) is 11.7 Å². The molecule has 1 aliphatic heterocycles. The Morgan fingerprint density at radius 2 is 0.615 bits per heavy atom. The predicted octanol–water partition coefficient (Wildman–Crippen LogP) is 16.6. The van der Waals surface area contributed by atoms with Gasteiger partial charge in [0.25, 0.3) is 0 Å². The molecule has 0 spiro atoms. The largest absolute Gasteiger partial charge is 0.453 e. The Bertz CT molecular complexity index is 777. The number of hydrogen-bond donors (Lipinski definition) is 1. The number of carbonyl (C=O) groups is 1. The topological polar surface area (TPSA) is 46.5 Å². The molecule has 0 saturated carbocycles. The highest BCUT2D eigenvalue weighted by molar-refractivity contribution is 5.92. The molecule has 0 bridgehead atoms. The van der Waals surface area contributed by atoms with Gasteiger partial charge in [0, 0.05) is 0 Å². The molecule has 3 nitrogen and oxygen atoms in total. The highest BCUT2D eigenvalue weighted by atomic mass is 16.6. The van der Waals surface area contributed by atoms with E-state index < -0.39 is 17.7 Å². The number of carbonyl (C=O) groups excluding carboxylic acids is 1. The summed E-state index contributed by atoms with van der Waals surface area (Å²) in [5.74, 6) is -0.438. The molecule has 1 heterocycles. The summed E-state index contributed by atoms with van der Waals surface area (Å²) in [7, 11) is 0. The Morgan fingerprint density at radius 3 is 0.788 bits per heavy atom. The summed E-state index contributed by atoms with van der Waals surface area (Å²) >= 11 is 0. The van der Waals surface area contributed by atoms with Crippen LogP contribution in [0.15, 0.2) is 12.2 Å². The summed E-state index contributed by atoms with van der Waals surface area (Å²) in [4.78, 5) is 11.6. The van der Waals surface area contributed by atoms with Gasteiger partial charge >= 0.3 is 5.97 Å². The van der Waals surface area contributed by atoms with Crippen LogP contribution in [0.5, 0.6) is 0 Å². The maximum atomic E-state index is 11.6. The fourth-order valence-electron chi connectivity index (χ4n) is 8.44. The summed E-state index contributed by atoms with van der Waals surface area (Å²) in [5.41, 5.74) is -0.558. The fourth-order valence-corrected chi connectivity index (χ4v) is 8.44. The van der Waals surface area contributed by atoms with Gasteiger partial charge in [0.2, 0.25) is 0 Å². The van der Waals surface area contributed by atoms with Crippen molar-refractivity contribution < 1.29 is 14.6 Å². The van der Waals surface area contributed by atoms with Crippen LogP contribution in [0.2, 0.25) is 0 Å². The number of ether oxygens (including phenoxy) is 1. The molecule has 52 heavy (non-hydrogen) atoms. The molecular formula is C49H94O3. The van der Waals surface area contributed by atoms with E-state index in [-0.39, 0.29) is 5.57 Å². The molecule has 0 amide bonds. The van der Waals surface area contributed by atoms with Crippen molar-refractivity contribution in [3.63, 3.8) is 0 Å². The average molecular weight is 731 g/mol. The van der Waals surface area contributed by atoms with Crippen molar-refractivity contribution in [3.05, 3.63) is 12.2 Å². The number of aliphatic hydroxyl groups excluding tert-OH is 1. The van der Waals surface area contributed by atoms with E-state index in [9.17, 15) is 9.90 Å². The lowest BCUT2D eigenvalue weighted by atomic mass is 9.90. The standard InChI is InChI=1S/C49H94O3/c1-4-5-6-7-8-9-10-11-12-13-14-15-16-17-18-19-20-21-22-23-24-25-26-27-28-29-30-31-32-33-34-35-36-37-38-39-40-41-42-43-44-45-49(3)47(50)46(2)48(51)52-49/h47,50H,2,4-45H2,1,3H3. The molecule has 1 fully saturated rings. The predicted molar refractivity (Wildman–Crippen MR) is 229 cm³/mol. The maximum absolute atomic E-state index is 11.6. The molecule has 1 saturated heterocycles. The van der Waals surface area contributed by atoms with Crippen molar-refractivity contribution in [3.8, 4) is 0 Å². The molecule has 0 radical (unpaired) electrons. The van der Waals surface area contributed by atoms with E-state index in [2.05, 4.69) is 13.5 Å². The molecule has 2 unspecified atom stereocenters. The zero-order valence-electron chi connectivity index (χ0n) is 35.7. The van der Waals surface area contributed by atoms with Crippen molar-refractivity contribution in [1.29, 1.82) is 0 Å². The van der Waals surface area contributed by atoms with Gasteiger partial charge in [0.15, 0.2) is 0 Å². The summed E-state index contributed by atoms with van der Waals surface area (Å²) in [6.45, 7) is 7.79. The molecule has 1 rings (SSSR count). The third-order valence-corrected chi connectivity index (χ3v) is 12.3. The number of aliphatic hydroxyl groups is 1. The van der Waals surface area contributed by atoms with Crippen LogP contribution in [-0.2, 0) is 9.53 Å². The SMILES string of the molecule is C=C1C(=O)OC(C)(CCCCCCCCCCCCCCCCCCCCCCCCCCCCCCCCCCCCCCCCCCC)C1O. The van der Waals surface area contributed by atoms with E-state index in [1.807, 2.05) is 6.92 Å². The quantitative estimate of drug-likeness (QED) is 0.0386. The van der Waals surface area contributed by atoms with Crippen LogP contribution in [0.4, 0.5) is 0 Å². The molecule has 0 aliphatic carbocycles. The van der Waals surface area contributed by atoms with E-state index in [4.69, 9.17) is 4.74 Å². The monoisotopic (exact) mass is 731 g/mol. The lowest BCUT2D eigenvalue weighted by Gasteiger charge is -2.25. The Labute approximate surface area is 327 Å². The van der Waals surface area contributed by atoms with Gasteiger partial charge in [0.05, 0.1) is 5.57 Å². The number of rotatable bonds is 42. The zero-order chi connectivity index (χ0) is 37.6. The van der Waals surface area contributed by atoms with Gasteiger partial charge in [-0.05, 0) is 19.8 Å². The highest BCUT2D eigenvalue weighted by Crippen LogP contribution is 2.34. The molecule has 308 valence electrons. The smallest absolute Gasteiger partial charge is 0.336 e. The first-order valence-electron chi connectivity index (χ1n) is 24.1. The molecule has 0 aromatic rings. The van der Waals surface area contributed by atoms with Crippen molar-refractivity contribution in [1.82, 2.24) is 0 Å². The second-order valence-corrected chi connectivity index (χ2v) is 17.5. The van der Waals surface area contributed by atoms with E-state index >= 15 is 0 Å².